The van der Waals surface area contributed by atoms with E-state index in [9.17, 15) is 4.79 Å². The molecule has 6 unspecified atom stereocenters. The van der Waals surface area contributed by atoms with Crippen LogP contribution in [0.3, 0.4) is 0 Å². The van der Waals surface area contributed by atoms with E-state index in [4.69, 9.17) is 18.9 Å². The minimum atomic E-state index is -0.312. The van der Waals surface area contributed by atoms with Crippen molar-refractivity contribution in [2.75, 3.05) is 26.8 Å². The summed E-state index contributed by atoms with van der Waals surface area (Å²) in [5, 5.41) is 0.276. The molecule has 4 aliphatic rings. The molecule has 0 bridgehead atoms. The van der Waals surface area contributed by atoms with Crippen LogP contribution in [-0.2, 0) is 18.9 Å². The Morgan fingerprint density at radius 2 is 1.88 bits per heavy atom. The Morgan fingerprint density at radius 1 is 1.24 bits per heavy atom. The first-order valence-electron chi connectivity index (χ1n) is 13.1. The van der Waals surface area contributed by atoms with Crippen LogP contribution < -0.4 is 0 Å². The Kier molecular flexibility index (Phi) is 6.74. The zero-order chi connectivity index (χ0) is 25.1. The van der Waals surface area contributed by atoms with Crippen LogP contribution in [-0.4, -0.2) is 75.2 Å². The van der Waals surface area contributed by atoms with Gasteiger partial charge in [0.1, 0.15) is 31.3 Å². The number of hydrogen-bond donors (Lipinski definition) is 0. The monoisotopic (exact) mass is 475 g/mol. The molecule has 7 heteroatoms. The number of amides is 1. The molecule has 3 heterocycles. The van der Waals surface area contributed by atoms with Crippen LogP contribution in [0.25, 0.3) is 0 Å². The van der Waals surface area contributed by atoms with Crippen LogP contribution in [0, 0.1) is 17.3 Å². The number of carbonyl (C=O) groups excluding carboxylic acids is 1. The van der Waals surface area contributed by atoms with Crippen LogP contribution in [0.1, 0.15) is 74.1 Å². The van der Waals surface area contributed by atoms with E-state index >= 15 is 0 Å². The maximum atomic E-state index is 13.1. The SMILES string of the molecule is BC(C)(C)CC(C)(C)C1CN(C(=O)OC2CCC3(CO3)C(C3(C)OC3CC=C(C)C)C2OC)C1. The quantitative estimate of drug-likeness (QED) is 0.296. The molecule has 0 N–H and O–H groups in total. The fourth-order valence-electron chi connectivity index (χ4n) is 6.91. The minimum absolute atomic E-state index is 0.0574. The molecule has 0 aromatic rings. The van der Waals surface area contributed by atoms with Crippen molar-refractivity contribution in [2.45, 2.75) is 109 Å². The highest BCUT2D eigenvalue weighted by Crippen LogP contribution is 2.59. The zero-order valence-corrected chi connectivity index (χ0v) is 22.9. The van der Waals surface area contributed by atoms with Gasteiger partial charge in [-0.3, -0.25) is 0 Å². The highest BCUT2D eigenvalue weighted by molar-refractivity contribution is 6.14. The Balaban J connectivity index is 1.38. The van der Waals surface area contributed by atoms with E-state index in [1.807, 2.05) is 4.90 Å². The topological polar surface area (TPSA) is 63.8 Å². The molecule has 0 aromatic carbocycles. The van der Waals surface area contributed by atoms with E-state index in [1.54, 1.807) is 7.11 Å². The number of methoxy groups -OCH3 is 1. The summed E-state index contributed by atoms with van der Waals surface area (Å²) in [6, 6.07) is 0. The maximum Gasteiger partial charge on any atom is 0.410 e. The van der Waals surface area contributed by atoms with Gasteiger partial charge in [0.2, 0.25) is 0 Å². The number of allylic oxidation sites excluding steroid dienone is 1. The molecule has 6 atom stereocenters. The van der Waals surface area contributed by atoms with Crippen LogP contribution in [0.15, 0.2) is 11.6 Å². The van der Waals surface area contributed by atoms with Gasteiger partial charge in [0.15, 0.2) is 0 Å². The number of ether oxygens (including phenoxy) is 4. The predicted molar refractivity (Wildman–Crippen MR) is 136 cm³/mol. The third kappa shape index (κ3) is 5.08. The Hall–Kier alpha value is -1.05. The molecule has 192 valence electrons. The summed E-state index contributed by atoms with van der Waals surface area (Å²) in [4.78, 5) is 14.9. The number of nitrogens with zero attached hydrogens (tertiary/aromatic N) is 1. The smallest absolute Gasteiger partial charge is 0.410 e. The van der Waals surface area contributed by atoms with E-state index < -0.39 is 0 Å². The molecule has 1 amide bonds. The Labute approximate surface area is 207 Å². The first-order valence-corrected chi connectivity index (χ1v) is 13.1. The van der Waals surface area contributed by atoms with Gasteiger partial charge < -0.3 is 23.8 Å². The van der Waals surface area contributed by atoms with Crippen molar-refractivity contribution in [2.24, 2.45) is 17.3 Å². The molecule has 0 radical (unpaired) electrons. The largest absolute Gasteiger partial charge is 0.443 e. The molecular weight excluding hydrogens is 429 g/mol. The average Bonchev–Trinajstić information content (AvgIpc) is 3.55. The Morgan fingerprint density at radius 3 is 2.41 bits per heavy atom. The molecule has 1 spiro atoms. The fraction of sp³-hybridized carbons (Fsp3) is 0.889. The molecule has 3 aliphatic heterocycles. The second-order valence-corrected chi connectivity index (χ2v) is 13.6. The lowest BCUT2D eigenvalue weighted by atomic mass is 9.59. The summed E-state index contributed by atoms with van der Waals surface area (Å²) in [7, 11) is 4.01. The summed E-state index contributed by atoms with van der Waals surface area (Å²) in [6.07, 6.45) is 5.36. The molecule has 4 rings (SSSR count). The number of hydrogen-bond acceptors (Lipinski definition) is 5. The van der Waals surface area contributed by atoms with Crippen molar-refractivity contribution in [3.05, 3.63) is 11.6 Å². The van der Waals surface area contributed by atoms with Gasteiger partial charge in [-0.1, -0.05) is 44.7 Å². The second-order valence-electron chi connectivity index (χ2n) is 13.6. The highest BCUT2D eigenvalue weighted by Gasteiger charge is 2.72. The third-order valence-electron chi connectivity index (χ3n) is 8.72. The third-order valence-corrected chi connectivity index (χ3v) is 8.72. The lowest BCUT2D eigenvalue weighted by molar-refractivity contribution is -0.126. The summed E-state index contributed by atoms with van der Waals surface area (Å²) in [6.45, 7) is 17.9. The summed E-state index contributed by atoms with van der Waals surface area (Å²) >= 11 is 0. The van der Waals surface area contributed by atoms with Gasteiger partial charge in [0, 0.05) is 20.2 Å². The molecule has 0 aromatic heterocycles. The van der Waals surface area contributed by atoms with Gasteiger partial charge in [0.25, 0.3) is 0 Å². The second kappa shape index (κ2) is 8.81. The molecule has 34 heavy (non-hydrogen) atoms. The molecule has 6 nitrogen and oxygen atoms in total. The predicted octanol–water partition coefficient (Wildman–Crippen LogP) is 4.38. The van der Waals surface area contributed by atoms with Crippen molar-refractivity contribution in [3.8, 4) is 0 Å². The minimum Gasteiger partial charge on any atom is -0.443 e. The van der Waals surface area contributed by atoms with Crippen LogP contribution in [0.4, 0.5) is 4.79 Å². The van der Waals surface area contributed by atoms with Crippen molar-refractivity contribution in [1.82, 2.24) is 4.90 Å². The molecule has 1 saturated carbocycles. The standard InChI is InChI=1S/C27H46BNO5/c1-17(2)9-10-20-26(7,34-20)22-21(31-8)19(11-12-27(22)16-32-27)33-23(30)29-13-18(14-29)24(3,4)15-25(5,6)28/h9,18-22H,10-16,28H2,1-8H3. The van der Waals surface area contributed by atoms with Crippen molar-refractivity contribution in [1.29, 1.82) is 0 Å². The van der Waals surface area contributed by atoms with Gasteiger partial charge in [-0.25, -0.2) is 4.79 Å². The van der Waals surface area contributed by atoms with Gasteiger partial charge in [-0.05, 0) is 57.8 Å². The molecule has 4 fully saturated rings. The van der Waals surface area contributed by atoms with Crippen molar-refractivity contribution in [3.63, 3.8) is 0 Å². The summed E-state index contributed by atoms with van der Waals surface area (Å²) in [5.41, 5.74) is 0.991. The number of epoxide rings is 2. The first-order chi connectivity index (χ1) is 15.7. The van der Waals surface area contributed by atoms with Crippen LogP contribution in [0.5, 0.6) is 0 Å². The average molecular weight is 475 g/mol. The first kappa shape index (κ1) is 26.0. The lowest BCUT2D eigenvalue weighted by Gasteiger charge is -2.50. The molecule has 1 aliphatic carbocycles. The zero-order valence-electron chi connectivity index (χ0n) is 22.9. The molecule has 3 saturated heterocycles. The lowest BCUT2D eigenvalue weighted by Crippen LogP contribution is -2.59. The van der Waals surface area contributed by atoms with Crippen LogP contribution >= 0.6 is 0 Å². The van der Waals surface area contributed by atoms with E-state index in [-0.39, 0.29) is 52.3 Å². The van der Waals surface area contributed by atoms with Gasteiger partial charge in [0.05, 0.1) is 18.6 Å². The van der Waals surface area contributed by atoms with Gasteiger partial charge in [-0.2, -0.15) is 0 Å². The summed E-state index contributed by atoms with van der Waals surface area (Å²) < 4.78 is 24.4. The molecular formula is C27H46BNO5. The van der Waals surface area contributed by atoms with E-state index in [0.29, 0.717) is 5.92 Å². The number of likely N-dealkylation sites (tertiary alicyclic amines) is 1. The Bertz CT molecular complexity index is 806. The number of carbonyl (C=O) groups is 1. The summed E-state index contributed by atoms with van der Waals surface area (Å²) in [5.74, 6) is 0.566. The van der Waals surface area contributed by atoms with Crippen molar-refractivity contribution < 1.29 is 23.7 Å². The van der Waals surface area contributed by atoms with Gasteiger partial charge >= 0.3 is 6.09 Å². The van der Waals surface area contributed by atoms with Crippen molar-refractivity contribution >= 4 is 13.9 Å². The van der Waals surface area contributed by atoms with E-state index in [2.05, 4.69) is 62.4 Å². The van der Waals surface area contributed by atoms with E-state index in [0.717, 1.165) is 45.4 Å². The van der Waals surface area contributed by atoms with Crippen LogP contribution in [0.2, 0.25) is 5.31 Å². The normalized spacial score (nSPS) is 37.8. The fourth-order valence-corrected chi connectivity index (χ4v) is 6.91. The van der Waals surface area contributed by atoms with E-state index in [1.165, 1.54) is 5.57 Å². The van der Waals surface area contributed by atoms with Gasteiger partial charge in [-0.15, -0.1) is 0 Å². The highest BCUT2D eigenvalue weighted by atomic mass is 16.6. The maximum absolute atomic E-state index is 13.1. The number of rotatable bonds is 8.